The van der Waals surface area contributed by atoms with Gasteiger partial charge in [-0.05, 0) is 50.1 Å². The summed E-state index contributed by atoms with van der Waals surface area (Å²) in [5, 5.41) is 4.31. The van der Waals surface area contributed by atoms with Gasteiger partial charge in [-0.15, -0.1) is 0 Å². The van der Waals surface area contributed by atoms with Gasteiger partial charge >= 0.3 is 0 Å². The summed E-state index contributed by atoms with van der Waals surface area (Å²) >= 11 is 18.5. The van der Waals surface area contributed by atoms with Crippen LogP contribution in [0.4, 0.5) is 0 Å². The minimum atomic E-state index is -0.677. The summed E-state index contributed by atoms with van der Waals surface area (Å²) in [6.07, 6.45) is 0.0875. The Morgan fingerprint density at radius 2 is 1.64 bits per heavy atom. The maximum Gasteiger partial charge on any atom is 0.242 e. The molecule has 0 bridgehead atoms. The third kappa shape index (κ3) is 6.13. The van der Waals surface area contributed by atoms with Crippen molar-refractivity contribution in [3.63, 3.8) is 0 Å². The number of hydrogen-bond donors (Lipinski definition) is 1. The molecule has 28 heavy (non-hydrogen) atoms. The normalized spacial score (nSPS) is 12.0. The monoisotopic (exact) mass is 440 g/mol. The third-order valence-corrected chi connectivity index (χ3v) is 5.21. The number of benzene rings is 2. The van der Waals surface area contributed by atoms with Crippen LogP contribution in [0.15, 0.2) is 42.5 Å². The second-order valence-electron chi connectivity index (χ2n) is 6.86. The van der Waals surface area contributed by atoms with Crippen molar-refractivity contribution in [2.75, 3.05) is 0 Å². The van der Waals surface area contributed by atoms with E-state index < -0.39 is 6.04 Å². The molecule has 0 spiro atoms. The molecule has 0 aliphatic carbocycles. The molecular formula is C21H23Cl3N2O2. The van der Waals surface area contributed by atoms with E-state index in [0.29, 0.717) is 26.2 Å². The largest absolute Gasteiger partial charge is 0.352 e. The Hall–Kier alpha value is -1.75. The van der Waals surface area contributed by atoms with Crippen LogP contribution in [0.5, 0.6) is 0 Å². The number of amides is 2. The molecule has 2 amide bonds. The van der Waals surface area contributed by atoms with Gasteiger partial charge in [0.25, 0.3) is 0 Å². The molecule has 0 aliphatic heterocycles. The molecule has 0 saturated carbocycles. The zero-order chi connectivity index (χ0) is 20.8. The van der Waals surface area contributed by atoms with Crippen molar-refractivity contribution in [3.8, 4) is 0 Å². The van der Waals surface area contributed by atoms with Gasteiger partial charge in [-0.2, -0.15) is 0 Å². The van der Waals surface area contributed by atoms with E-state index in [1.807, 2.05) is 19.9 Å². The Bertz CT molecular complexity index is 855. The van der Waals surface area contributed by atoms with Crippen molar-refractivity contribution in [1.29, 1.82) is 0 Å². The summed E-state index contributed by atoms with van der Waals surface area (Å²) in [6, 6.07) is 11.5. The first-order valence-corrected chi connectivity index (χ1v) is 10.1. The average Bonchev–Trinajstić information content (AvgIpc) is 2.61. The fourth-order valence-corrected chi connectivity index (χ4v) is 3.40. The molecule has 1 atom stereocenters. The molecule has 2 aromatic carbocycles. The number of rotatable bonds is 7. The van der Waals surface area contributed by atoms with Crippen LogP contribution >= 0.6 is 34.8 Å². The van der Waals surface area contributed by atoms with Crippen LogP contribution in [-0.2, 0) is 22.6 Å². The molecule has 0 fully saturated rings. The van der Waals surface area contributed by atoms with Crippen LogP contribution < -0.4 is 5.32 Å². The lowest BCUT2D eigenvalue weighted by atomic mass is 10.1. The van der Waals surface area contributed by atoms with Crippen LogP contribution in [0.25, 0.3) is 0 Å². The minimum absolute atomic E-state index is 0.0328. The van der Waals surface area contributed by atoms with Gasteiger partial charge in [-0.25, -0.2) is 0 Å². The molecule has 0 radical (unpaired) electrons. The van der Waals surface area contributed by atoms with Crippen LogP contribution in [0.2, 0.25) is 15.1 Å². The first-order valence-electron chi connectivity index (χ1n) is 8.96. The number of carbonyl (C=O) groups is 2. The van der Waals surface area contributed by atoms with Gasteiger partial charge in [0.05, 0.1) is 6.42 Å². The van der Waals surface area contributed by atoms with Gasteiger partial charge in [0.15, 0.2) is 0 Å². The molecule has 1 N–H and O–H groups in total. The molecule has 0 heterocycles. The Morgan fingerprint density at radius 1 is 0.964 bits per heavy atom. The van der Waals surface area contributed by atoms with Gasteiger partial charge in [-0.3, -0.25) is 9.59 Å². The highest BCUT2D eigenvalue weighted by Crippen LogP contribution is 2.24. The predicted octanol–water partition coefficient (Wildman–Crippen LogP) is 5.13. The quantitative estimate of drug-likeness (QED) is 0.647. The standard InChI is InChI=1S/C21H23Cl3N2O2/c1-13(2)25-21(28)14(3)26(12-16-8-9-17(22)11-19(16)24)20(27)10-15-6-4-5-7-18(15)23/h4-9,11,13-14H,10,12H2,1-3H3,(H,25,28)/t14-/m0/s1. The van der Waals surface area contributed by atoms with E-state index in [0.717, 1.165) is 0 Å². The highest BCUT2D eigenvalue weighted by molar-refractivity contribution is 6.35. The maximum absolute atomic E-state index is 13.1. The molecule has 2 aromatic rings. The van der Waals surface area contributed by atoms with Crippen molar-refractivity contribution in [3.05, 3.63) is 68.7 Å². The summed E-state index contributed by atoms with van der Waals surface area (Å²) in [5.41, 5.74) is 1.42. The van der Waals surface area contributed by atoms with Crippen LogP contribution in [0, 0.1) is 0 Å². The second kappa shape index (κ2) is 10.1. The van der Waals surface area contributed by atoms with Crippen molar-refractivity contribution in [2.45, 2.75) is 45.8 Å². The summed E-state index contributed by atoms with van der Waals surface area (Å²) in [7, 11) is 0. The smallest absolute Gasteiger partial charge is 0.242 e. The van der Waals surface area contributed by atoms with E-state index in [1.165, 1.54) is 4.90 Å². The molecular weight excluding hydrogens is 419 g/mol. The maximum atomic E-state index is 13.1. The Morgan fingerprint density at radius 3 is 2.25 bits per heavy atom. The lowest BCUT2D eigenvalue weighted by Gasteiger charge is -2.30. The molecule has 0 unspecified atom stereocenters. The van der Waals surface area contributed by atoms with E-state index >= 15 is 0 Å². The van der Waals surface area contributed by atoms with Gasteiger partial charge < -0.3 is 10.2 Å². The molecule has 4 nitrogen and oxygen atoms in total. The first kappa shape index (κ1) is 22.5. The van der Waals surface area contributed by atoms with Crippen molar-refractivity contribution < 1.29 is 9.59 Å². The molecule has 150 valence electrons. The summed E-state index contributed by atoms with van der Waals surface area (Å²) in [4.78, 5) is 27.2. The highest BCUT2D eigenvalue weighted by atomic mass is 35.5. The average molecular weight is 442 g/mol. The third-order valence-electron chi connectivity index (χ3n) is 4.25. The van der Waals surface area contributed by atoms with E-state index in [1.54, 1.807) is 43.3 Å². The Kier molecular flexibility index (Phi) is 8.17. The topological polar surface area (TPSA) is 49.4 Å². The number of hydrogen-bond acceptors (Lipinski definition) is 2. The number of nitrogens with one attached hydrogen (secondary N) is 1. The van der Waals surface area contributed by atoms with Crippen molar-refractivity contribution in [1.82, 2.24) is 10.2 Å². The molecule has 0 saturated heterocycles. The SMILES string of the molecule is CC(C)NC(=O)[C@H](C)N(Cc1ccc(Cl)cc1Cl)C(=O)Cc1ccccc1Cl. The summed E-state index contributed by atoms with van der Waals surface area (Å²) in [5.74, 6) is -0.446. The molecule has 0 aromatic heterocycles. The van der Waals surface area contributed by atoms with E-state index in [9.17, 15) is 9.59 Å². The fourth-order valence-electron chi connectivity index (χ4n) is 2.73. The van der Waals surface area contributed by atoms with Crippen LogP contribution in [-0.4, -0.2) is 28.8 Å². The minimum Gasteiger partial charge on any atom is -0.352 e. The van der Waals surface area contributed by atoms with E-state index in [-0.39, 0.29) is 30.8 Å². The number of carbonyl (C=O) groups excluding carboxylic acids is 2. The van der Waals surface area contributed by atoms with Gasteiger partial charge in [0.2, 0.25) is 11.8 Å². The predicted molar refractivity (Wildman–Crippen MR) is 115 cm³/mol. The zero-order valence-corrected chi connectivity index (χ0v) is 18.3. The molecule has 2 rings (SSSR count). The van der Waals surface area contributed by atoms with Gasteiger partial charge in [-0.1, -0.05) is 59.1 Å². The van der Waals surface area contributed by atoms with Crippen molar-refractivity contribution >= 4 is 46.6 Å². The zero-order valence-electron chi connectivity index (χ0n) is 16.0. The Balaban J connectivity index is 2.30. The highest BCUT2D eigenvalue weighted by Gasteiger charge is 2.27. The lowest BCUT2D eigenvalue weighted by molar-refractivity contribution is -0.140. The second-order valence-corrected chi connectivity index (χ2v) is 8.12. The van der Waals surface area contributed by atoms with E-state index in [4.69, 9.17) is 34.8 Å². The van der Waals surface area contributed by atoms with Gasteiger partial charge in [0, 0.05) is 27.7 Å². The summed E-state index contributed by atoms with van der Waals surface area (Å²) < 4.78 is 0. The van der Waals surface area contributed by atoms with Crippen LogP contribution in [0.3, 0.4) is 0 Å². The lowest BCUT2D eigenvalue weighted by Crippen LogP contribution is -2.49. The van der Waals surface area contributed by atoms with Gasteiger partial charge in [0.1, 0.15) is 6.04 Å². The number of halogens is 3. The first-order chi connectivity index (χ1) is 13.2. The van der Waals surface area contributed by atoms with E-state index in [2.05, 4.69) is 5.32 Å². The van der Waals surface area contributed by atoms with Crippen LogP contribution in [0.1, 0.15) is 31.9 Å². The number of nitrogens with zero attached hydrogens (tertiary/aromatic N) is 1. The molecule has 7 heteroatoms. The molecule has 0 aliphatic rings. The summed E-state index contributed by atoms with van der Waals surface area (Å²) in [6.45, 7) is 5.63. The van der Waals surface area contributed by atoms with Crippen molar-refractivity contribution in [2.24, 2.45) is 0 Å². The Labute approximate surface area is 180 Å². The fraction of sp³-hybridized carbons (Fsp3) is 0.333.